The lowest BCUT2D eigenvalue weighted by Crippen LogP contribution is -2.37. The number of aliphatic hydroxyl groups is 1. The highest BCUT2D eigenvalue weighted by atomic mass is 19.1. The molecule has 156 valence electrons. The zero-order valence-electron chi connectivity index (χ0n) is 17.2. The van der Waals surface area contributed by atoms with Crippen LogP contribution >= 0.6 is 0 Å². The molecule has 2 aliphatic rings. The number of aliphatic hydroxyl groups excluding tert-OH is 1. The van der Waals surface area contributed by atoms with Crippen LogP contribution in [0.15, 0.2) is 42.5 Å². The number of hydrogen-bond donors (Lipinski definition) is 1. The highest BCUT2D eigenvalue weighted by Gasteiger charge is 2.30. The van der Waals surface area contributed by atoms with E-state index in [0.29, 0.717) is 12.5 Å². The van der Waals surface area contributed by atoms with Crippen LogP contribution in [0.2, 0.25) is 0 Å². The first-order chi connectivity index (χ1) is 14.2. The Kier molecular flexibility index (Phi) is 6.83. The zero-order valence-corrected chi connectivity index (χ0v) is 17.2. The molecule has 0 bridgehead atoms. The molecule has 2 aromatic carbocycles. The quantitative estimate of drug-likeness (QED) is 0.743. The number of nitrogens with zero attached hydrogens (tertiary/aromatic N) is 1. The van der Waals surface area contributed by atoms with Gasteiger partial charge in [0.15, 0.2) is 0 Å². The number of ether oxygens (including phenoxy) is 1. The Balaban J connectivity index is 1.31. The number of rotatable bonds is 7. The van der Waals surface area contributed by atoms with Crippen molar-refractivity contribution in [1.29, 1.82) is 0 Å². The highest BCUT2D eigenvalue weighted by Crippen LogP contribution is 2.42. The molecule has 1 unspecified atom stereocenters. The Morgan fingerprint density at radius 3 is 2.59 bits per heavy atom. The molecule has 4 rings (SSSR count). The molecule has 0 saturated carbocycles. The molecule has 1 heterocycles. The Labute approximate surface area is 173 Å². The molecule has 1 N–H and O–H groups in total. The minimum Gasteiger partial charge on any atom is -0.491 e. The minimum atomic E-state index is -0.158. The average molecular weight is 398 g/mol. The van der Waals surface area contributed by atoms with E-state index < -0.39 is 0 Å². The molecule has 1 saturated heterocycles. The van der Waals surface area contributed by atoms with Crippen LogP contribution in [-0.2, 0) is 12.8 Å². The van der Waals surface area contributed by atoms with Gasteiger partial charge < -0.3 is 14.7 Å². The molecule has 4 heteroatoms. The number of halogens is 1. The van der Waals surface area contributed by atoms with Gasteiger partial charge in [0.2, 0.25) is 0 Å². The van der Waals surface area contributed by atoms with Gasteiger partial charge in [0, 0.05) is 6.54 Å². The summed E-state index contributed by atoms with van der Waals surface area (Å²) in [4.78, 5) is 2.56. The largest absolute Gasteiger partial charge is 0.491 e. The minimum absolute atomic E-state index is 0.0550. The van der Waals surface area contributed by atoms with Crippen molar-refractivity contribution in [1.82, 2.24) is 4.90 Å². The SMILES string of the molecule is OCCOc1ccc2c(c1)CCCC2C1CCN(CCc2ccc(F)cc2)CC1. The van der Waals surface area contributed by atoms with Gasteiger partial charge in [-0.05, 0) is 104 Å². The third-order valence-electron chi connectivity index (χ3n) is 6.67. The molecule has 0 radical (unpaired) electrons. The van der Waals surface area contributed by atoms with E-state index in [2.05, 4.69) is 23.1 Å². The number of hydrogen-bond acceptors (Lipinski definition) is 3. The Morgan fingerprint density at radius 1 is 1.03 bits per heavy atom. The van der Waals surface area contributed by atoms with Gasteiger partial charge in [-0.2, -0.15) is 0 Å². The van der Waals surface area contributed by atoms with Gasteiger partial charge in [-0.3, -0.25) is 0 Å². The van der Waals surface area contributed by atoms with Crippen LogP contribution < -0.4 is 4.74 Å². The maximum atomic E-state index is 13.1. The molecule has 1 fully saturated rings. The fraction of sp³-hybridized carbons (Fsp3) is 0.520. The summed E-state index contributed by atoms with van der Waals surface area (Å²) in [6.07, 6.45) is 7.20. The summed E-state index contributed by atoms with van der Waals surface area (Å²) in [7, 11) is 0. The van der Waals surface area contributed by atoms with Crippen molar-refractivity contribution in [3.8, 4) is 5.75 Å². The van der Waals surface area contributed by atoms with Crippen LogP contribution in [0.5, 0.6) is 5.75 Å². The number of piperidine rings is 1. The molecule has 29 heavy (non-hydrogen) atoms. The van der Waals surface area contributed by atoms with Crippen molar-refractivity contribution in [3.05, 3.63) is 65.0 Å². The first-order valence-electron chi connectivity index (χ1n) is 11.1. The molecule has 0 amide bonds. The molecule has 0 aromatic heterocycles. The van der Waals surface area contributed by atoms with E-state index >= 15 is 0 Å². The lowest BCUT2D eigenvalue weighted by molar-refractivity contribution is 0.164. The molecular weight excluding hydrogens is 365 g/mol. The maximum Gasteiger partial charge on any atom is 0.123 e. The summed E-state index contributed by atoms with van der Waals surface area (Å²) in [5.74, 6) is 2.16. The summed E-state index contributed by atoms with van der Waals surface area (Å²) in [6, 6.07) is 13.5. The van der Waals surface area contributed by atoms with E-state index in [4.69, 9.17) is 9.84 Å². The van der Waals surface area contributed by atoms with Gasteiger partial charge >= 0.3 is 0 Å². The Hall–Kier alpha value is -1.91. The normalized spacial score (nSPS) is 20.4. The third kappa shape index (κ3) is 5.18. The molecule has 1 aliphatic carbocycles. The number of aryl methyl sites for hydroxylation is 1. The lowest BCUT2D eigenvalue weighted by atomic mass is 9.72. The first kappa shape index (κ1) is 20.4. The second-order valence-corrected chi connectivity index (χ2v) is 8.49. The van der Waals surface area contributed by atoms with E-state index in [9.17, 15) is 4.39 Å². The summed E-state index contributed by atoms with van der Waals surface area (Å²) in [5.41, 5.74) is 4.18. The molecule has 1 atom stereocenters. The van der Waals surface area contributed by atoms with Crippen molar-refractivity contribution in [2.45, 2.75) is 44.4 Å². The summed E-state index contributed by atoms with van der Waals surface area (Å²) < 4.78 is 18.7. The predicted molar refractivity (Wildman–Crippen MR) is 114 cm³/mol. The second-order valence-electron chi connectivity index (χ2n) is 8.49. The number of fused-ring (bicyclic) bond motifs is 1. The first-order valence-corrected chi connectivity index (χ1v) is 11.1. The van der Waals surface area contributed by atoms with Crippen molar-refractivity contribution in [2.75, 3.05) is 32.8 Å². The van der Waals surface area contributed by atoms with Gasteiger partial charge in [-0.25, -0.2) is 4.39 Å². The van der Waals surface area contributed by atoms with Crippen LogP contribution in [0.1, 0.15) is 48.3 Å². The van der Waals surface area contributed by atoms with Crippen molar-refractivity contribution in [3.63, 3.8) is 0 Å². The van der Waals surface area contributed by atoms with Crippen LogP contribution in [0.4, 0.5) is 4.39 Å². The van der Waals surface area contributed by atoms with Crippen LogP contribution in [0.3, 0.4) is 0 Å². The molecule has 2 aromatic rings. The number of likely N-dealkylation sites (tertiary alicyclic amines) is 1. The van der Waals surface area contributed by atoms with Crippen LogP contribution in [0, 0.1) is 11.7 Å². The van der Waals surface area contributed by atoms with E-state index in [0.717, 1.165) is 44.1 Å². The number of benzene rings is 2. The molecule has 1 aliphatic heterocycles. The maximum absolute atomic E-state index is 13.1. The van der Waals surface area contributed by atoms with Crippen molar-refractivity contribution >= 4 is 0 Å². The monoisotopic (exact) mass is 397 g/mol. The van der Waals surface area contributed by atoms with E-state index in [1.807, 2.05) is 12.1 Å². The zero-order chi connectivity index (χ0) is 20.1. The Morgan fingerprint density at radius 2 is 1.83 bits per heavy atom. The van der Waals surface area contributed by atoms with E-state index in [1.165, 1.54) is 42.4 Å². The topological polar surface area (TPSA) is 32.7 Å². The summed E-state index contributed by atoms with van der Waals surface area (Å²) >= 11 is 0. The standard InChI is InChI=1S/C25H32FNO2/c26-22-6-4-19(5-7-22)10-13-27-14-11-20(12-15-27)24-3-1-2-21-18-23(29-17-16-28)8-9-25(21)24/h4-9,18,20,24,28H,1-3,10-17H2. The van der Waals surface area contributed by atoms with Gasteiger partial charge in [0.1, 0.15) is 18.2 Å². The van der Waals surface area contributed by atoms with Crippen LogP contribution in [-0.4, -0.2) is 42.9 Å². The Bertz CT molecular complexity index is 784. The van der Waals surface area contributed by atoms with E-state index in [-0.39, 0.29) is 12.4 Å². The predicted octanol–water partition coefficient (Wildman–Crippen LogP) is 4.57. The fourth-order valence-corrected chi connectivity index (χ4v) is 5.09. The van der Waals surface area contributed by atoms with Gasteiger partial charge in [0.25, 0.3) is 0 Å². The van der Waals surface area contributed by atoms with Gasteiger partial charge in [-0.1, -0.05) is 18.2 Å². The summed E-state index contributed by atoms with van der Waals surface area (Å²) in [5, 5.41) is 8.97. The molecule has 0 spiro atoms. The smallest absolute Gasteiger partial charge is 0.123 e. The second kappa shape index (κ2) is 9.73. The van der Waals surface area contributed by atoms with Gasteiger partial charge in [-0.15, -0.1) is 0 Å². The van der Waals surface area contributed by atoms with Crippen LogP contribution in [0.25, 0.3) is 0 Å². The average Bonchev–Trinajstić information content (AvgIpc) is 2.77. The van der Waals surface area contributed by atoms with E-state index in [1.54, 1.807) is 12.1 Å². The van der Waals surface area contributed by atoms with Crippen molar-refractivity contribution < 1.29 is 14.2 Å². The molecule has 3 nitrogen and oxygen atoms in total. The lowest BCUT2D eigenvalue weighted by Gasteiger charge is -2.38. The highest BCUT2D eigenvalue weighted by molar-refractivity contribution is 5.39. The van der Waals surface area contributed by atoms with Gasteiger partial charge in [0.05, 0.1) is 6.61 Å². The summed E-state index contributed by atoms with van der Waals surface area (Å²) in [6.45, 7) is 3.80. The van der Waals surface area contributed by atoms with Crippen molar-refractivity contribution in [2.24, 2.45) is 5.92 Å². The molecular formula is C25H32FNO2. The fourth-order valence-electron chi connectivity index (χ4n) is 5.09. The third-order valence-corrected chi connectivity index (χ3v) is 6.67.